The van der Waals surface area contributed by atoms with Crippen molar-refractivity contribution < 1.29 is 4.74 Å². The van der Waals surface area contributed by atoms with E-state index in [2.05, 4.69) is 39.9 Å². The monoisotopic (exact) mass is 199 g/mol. The Kier molecular flexibility index (Phi) is 3.96. The fourth-order valence-corrected chi connectivity index (χ4v) is 2.76. The summed E-state index contributed by atoms with van der Waals surface area (Å²) in [6.45, 7) is 13.2. The highest BCUT2D eigenvalue weighted by atomic mass is 16.5. The van der Waals surface area contributed by atoms with Crippen LogP contribution in [0.1, 0.15) is 41.0 Å². The lowest BCUT2D eigenvalue weighted by Crippen LogP contribution is -2.55. The van der Waals surface area contributed by atoms with Crippen LogP contribution in [0.15, 0.2) is 0 Å². The van der Waals surface area contributed by atoms with Crippen molar-refractivity contribution in [1.82, 2.24) is 5.32 Å². The Hall–Kier alpha value is -0.0800. The highest BCUT2D eigenvalue weighted by Crippen LogP contribution is 2.40. The smallest absolute Gasteiger partial charge is 0.124 e. The van der Waals surface area contributed by atoms with Gasteiger partial charge in [-0.1, -0.05) is 34.6 Å². The molecule has 2 heteroatoms. The van der Waals surface area contributed by atoms with Crippen LogP contribution in [-0.4, -0.2) is 18.9 Å². The van der Waals surface area contributed by atoms with Crippen molar-refractivity contribution in [2.45, 2.75) is 46.8 Å². The highest BCUT2D eigenvalue weighted by Gasteiger charge is 2.47. The molecular formula is C12H25NO. The minimum atomic E-state index is -0.0666. The van der Waals surface area contributed by atoms with Gasteiger partial charge in [0.05, 0.1) is 0 Å². The van der Waals surface area contributed by atoms with E-state index in [1.54, 1.807) is 0 Å². The fraction of sp³-hybridized carbons (Fsp3) is 1.00. The topological polar surface area (TPSA) is 21.3 Å². The third kappa shape index (κ3) is 1.96. The van der Waals surface area contributed by atoms with Crippen molar-refractivity contribution in [3.05, 3.63) is 0 Å². The van der Waals surface area contributed by atoms with Crippen LogP contribution in [0.3, 0.4) is 0 Å². The molecule has 0 aromatic rings. The number of rotatable bonds is 4. The minimum absolute atomic E-state index is 0.0666. The van der Waals surface area contributed by atoms with Crippen LogP contribution in [0.2, 0.25) is 0 Å². The summed E-state index contributed by atoms with van der Waals surface area (Å²) in [6, 6.07) is 0. The molecule has 1 fully saturated rings. The average Bonchev–Trinajstić information content (AvgIpc) is 2.50. The van der Waals surface area contributed by atoms with Crippen molar-refractivity contribution in [2.75, 3.05) is 13.2 Å². The molecule has 0 aliphatic carbocycles. The quantitative estimate of drug-likeness (QED) is 0.751. The number of ether oxygens (including phenoxy) is 1. The van der Waals surface area contributed by atoms with Gasteiger partial charge in [0.2, 0.25) is 0 Å². The van der Waals surface area contributed by atoms with Crippen LogP contribution in [0.4, 0.5) is 0 Å². The number of hydrogen-bond donors (Lipinski definition) is 1. The van der Waals surface area contributed by atoms with Gasteiger partial charge in [0.15, 0.2) is 0 Å². The van der Waals surface area contributed by atoms with E-state index in [1.165, 1.54) is 6.42 Å². The first kappa shape index (κ1) is 12.0. The summed E-state index contributed by atoms with van der Waals surface area (Å²) in [5.41, 5.74) is -0.0666. The summed E-state index contributed by atoms with van der Waals surface area (Å²) in [5, 5.41) is 3.57. The van der Waals surface area contributed by atoms with Gasteiger partial charge in [0, 0.05) is 12.5 Å². The van der Waals surface area contributed by atoms with Gasteiger partial charge in [0.1, 0.15) is 5.72 Å². The second-order valence-corrected chi connectivity index (χ2v) is 4.97. The molecular weight excluding hydrogens is 174 g/mol. The number of nitrogens with one attached hydrogen (secondary N) is 1. The Morgan fingerprint density at radius 2 is 2.00 bits per heavy atom. The van der Waals surface area contributed by atoms with Crippen molar-refractivity contribution in [3.63, 3.8) is 0 Å². The molecule has 0 saturated carbocycles. The number of hydrogen-bond acceptors (Lipinski definition) is 2. The second kappa shape index (κ2) is 4.63. The summed E-state index contributed by atoms with van der Waals surface area (Å²) in [4.78, 5) is 0. The normalized spacial score (nSPS) is 33.2. The zero-order valence-corrected chi connectivity index (χ0v) is 10.3. The summed E-state index contributed by atoms with van der Waals surface area (Å²) in [5.74, 6) is 1.89. The molecule has 2 atom stereocenters. The van der Waals surface area contributed by atoms with E-state index in [0.29, 0.717) is 17.8 Å². The Morgan fingerprint density at radius 1 is 1.36 bits per heavy atom. The molecule has 84 valence electrons. The first-order chi connectivity index (χ1) is 6.54. The van der Waals surface area contributed by atoms with E-state index in [1.807, 2.05) is 0 Å². The molecule has 1 aliphatic rings. The van der Waals surface area contributed by atoms with Gasteiger partial charge < -0.3 is 4.74 Å². The zero-order chi connectivity index (χ0) is 10.8. The van der Waals surface area contributed by atoms with Crippen molar-refractivity contribution in [3.8, 4) is 0 Å². The molecule has 0 aromatic heterocycles. The molecule has 0 aromatic carbocycles. The lowest BCUT2D eigenvalue weighted by atomic mass is 9.79. The standard InChI is InChI=1S/C12H25NO/c1-6-13-12(10(4)5)11(9(2)3)7-8-14-12/h9-11,13H,6-8H2,1-5H3. The molecule has 0 radical (unpaired) electrons. The Balaban J connectivity index is 2.83. The van der Waals surface area contributed by atoms with Crippen LogP contribution < -0.4 is 5.32 Å². The van der Waals surface area contributed by atoms with Gasteiger partial charge in [-0.2, -0.15) is 0 Å². The summed E-state index contributed by atoms with van der Waals surface area (Å²) >= 11 is 0. The summed E-state index contributed by atoms with van der Waals surface area (Å²) in [6.07, 6.45) is 1.20. The van der Waals surface area contributed by atoms with E-state index in [9.17, 15) is 0 Å². The van der Waals surface area contributed by atoms with Crippen LogP contribution >= 0.6 is 0 Å². The van der Waals surface area contributed by atoms with E-state index in [-0.39, 0.29) is 5.72 Å². The van der Waals surface area contributed by atoms with Crippen LogP contribution in [0.25, 0.3) is 0 Å². The van der Waals surface area contributed by atoms with Gasteiger partial charge in [-0.3, -0.25) is 5.32 Å². The predicted octanol–water partition coefficient (Wildman–Crippen LogP) is 2.64. The molecule has 1 aliphatic heterocycles. The molecule has 2 unspecified atom stereocenters. The summed E-state index contributed by atoms with van der Waals surface area (Å²) in [7, 11) is 0. The fourth-order valence-electron chi connectivity index (χ4n) is 2.76. The molecule has 1 N–H and O–H groups in total. The van der Waals surface area contributed by atoms with Gasteiger partial charge in [0.25, 0.3) is 0 Å². The van der Waals surface area contributed by atoms with Gasteiger partial charge in [-0.25, -0.2) is 0 Å². The maximum Gasteiger partial charge on any atom is 0.124 e. The Labute approximate surface area is 88.4 Å². The van der Waals surface area contributed by atoms with Crippen molar-refractivity contribution in [2.24, 2.45) is 17.8 Å². The zero-order valence-electron chi connectivity index (χ0n) is 10.3. The molecule has 1 heterocycles. The Bertz CT molecular complexity index is 179. The maximum atomic E-state index is 6.01. The highest BCUT2D eigenvalue weighted by molar-refractivity contribution is 4.94. The maximum absolute atomic E-state index is 6.01. The molecule has 1 rings (SSSR count). The van der Waals surface area contributed by atoms with Crippen molar-refractivity contribution >= 4 is 0 Å². The minimum Gasteiger partial charge on any atom is -0.360 e. The lowest BCUT2D eigenvalue weighted by Gasteiger charge is -2.40. The first-order valence-corrected chi connectivity index (χ1v) is 5.93. The molecule has 0 spiro atoms. The van der Waals surface area contributed by atoms with Gasteiger partial charge in [-0.15, -0.1) is 0 Å². The average molecular weight is 199 g/mol. The van der Waals surface area contributed by atoms with Crippen LogP contribution in [0, 0.1) is 17.8 Å². The molecule has 0 bridgehead atoms. The largest absolute Gasteiger partial charge is 0.360 e. The van der Waals surface area contributed by atoms with Gasteiger partial charge in [-0.05, 0) is 24.8 Å². The third-order valence-electron chi connectivity index (χ3n) is 3.44. The van der Waals surface area contributed by atoms with Gasteiger partial charge >= 0.3 is 0 Å². The van der Waals surface area contributed by atoms with E-state index in [0.717, 1.165) is 13.2 Å². The van der Waals surface area contributed by atoms with E-state index in [4.69, 9.17) is 4.74 Å². The van der Waals surface area contributed by atoms with Crippen LogP contribution in [0.5, 0.6) is 0 Å². The molecule has 0 amide bonds. The lowest BCUT2D eigenvalue weighted by molar-refractivity contribution is -0.0941. The molecule has 2 nitrogen and oxygen atoms in total. The van der Waals surface area contributed by atoms with Crippen molar-refractivity contribution in [1.29, 1.82) is 0 Å². The first-order valence-electron chi connectivity index (χ1n) is 5.93. The second-order valence-electron chi connectivity index (χ2n) is 4.97. The summed E-state index contributed by atoms with van der Waals surface area (Å²) < 4.78 is 6.01. The van der Waals surface area contributed by atoms with E-state index < -0.39 is 0 Å². The molecule has 1 saturated heterocycles. The molecule has 14 heavy (non-hydrogen) atoms. The van der Waals surface area contributed by atoms with Crippen LogP contribution in [-0.2, 0) is 4.74 Å². The Morgan fingerprint density at radius 3 is 2.43 bits per heavy atom. The van der Waals surface area contributed by atoms with E-state index >= 15 is 0 Å². The predicted molar refractivity (Wildman–Crippen MR) is 60.1 cm³/mol. The SMILES string of the molecule is CCNC1(C(C)C)OCCC1C(C)C. The third-order valence-corrected chi connectivity index (χ3v) is 3.44.